The standard InChI is InChI=1S/C25H31N3O2/c1-3-18-5-9-21(10-6-18)22-11-7-20(8-12-22)15-23(25(29)30)26-14-13-24-27-16-19(4-2)17-28-24/h7-8,11-12,16-18,21,23,26H,3-6,9-10,15H2,1-2H3,(H,29,30)/t18?,21?,23-/m0/s1. The quantitative estimate of drug-likeness (QED) is 0.530. The third-order valence-electron chi connectivity index (χ3n) is 6.15. The van der Waals surface area contributed by atoms with E-state index < -0.39 is 12.0 Å². The molecule has 0 radical (unpaired) electrons. The van der Waals surface area contributed by atoms with Crippen molar-refractivity contribution in [3.05, 3.63) is 59.2 Å². The Morgan fingerprint density at radius 2 is 1.77 bits per heavy atom. The van der Waals surface area contributed by atoms with E-state index in [0.29, 0.717) is 18.2 Å². The van der Waals surface area contributed by atoms with Gasteiger partial charge in [-0.15, -0.1) is 0 Å². The van der Waals surface area contributed by atoms with Crippen molar-refractivity contribution in [1.29, 1.82) is 0 Å². The topological polar surface area (TPSA) is 75.1 Å². The monoisotopic (exact) mass is 405 g/mol. The summed E-state index contributed by atoms with van der Waals surface area (Å²) < 4.78 is 0. The zero-order valence-electron chi connectivity index (χ0n) is 17.9. The number of carboxylic acid groups (broad SMARTS) is 1. The third-order valence-corrected chi connectivity index (χ3v) is 6.15. The zero-order valence-corrected chi connectivity index (χ0v) is 17.9. The molecule has 0 spiro atoms. The average molecular weight is 406 g/mol. The van der Waals surface area contributed by atoms with Crippen LogP contribution in [0.25, 0.3) is 0 Å². The number of nitrogens with one attached hydrogen (secondary N) is 1. The van der Waals surface area contributed by atoms with Crippen LogP contribution in [0.5, 0.6) is 0 Å². The van der Waals surface area contributed by atoms with Gasteiger partial charge in [0, 0.05) is 24.9 Å². The Bertz CT molecular complexity index is 873. The summed E-state index contributed by atoms with van der Waals surface area (Å²) in [6.07, 6.45) is 11.2. The highest BCUT2D eigenvalue weighted by atomic mass is 16.4. The average Bonchev–Trinajstić information content (AvgIpc) is 2.79. The van der Waals surface area contributed by atoms with Crippen molar-refractivity contribution >= 4 is 5.97 Å². The molecule has 1 aliphatic rings. The smallest absolute Gasteiger partial charge is 0.327 e. The number of rotatable bonds is 7. The maximum Gasteiger partial charge on any atom is 0.327 e. The summed E-state index contributed by atoms with van der Waals surface area (Å²) in [7, 11) is 0. The Labute approximate surface area is 179 Å². The molecular weight excluding hydrogens is 374 g/mol. The van der Waals surface area contributed by atoms with Crippen LogP contribution in [0.4, 0.5) is 0 Å². The first-order valence-corrected chi connectivity index (χ1v) is 11.0. The van der Waals surface area contributed by atoms with E-state index in [1.54, 1.807) is 12.4 Å². The number of carboxylic acids is 1. The van der Waals surface area contributed by atoms with Crippen molar-refractivity contribution in [3.63, 3.8) is 0 Å². The summed E-state index contributed by atoms with van der Waals surface area (Å²) >= 11 is 0. The SMILES string of the molecule is CCc1cnc(C#CN[C@@H](Cc2ccc(C3CCC(CC)CC3)cc2)C(=O)O)nc1. The van der Waals surface area contributed by atoms with Crippen LogP contribution in [0.3, 0.4) is 0 Å². The number of hydrogen-bond acceptors (Lipinski definition) is 4. The molecule has 0 unspecified atom stereocenters. The van der Waals surface area contributed by atoms with E-state index in [-0.39, 0.29) is 0 Å². The molecule has 5 nitrogen and oxygen atoms in total. The number of aromatic nitrogens is 2. The zero-order chi connectivity index (χ0) is 21.3. The Morgan fingerprint density at radius 3 is 2.33 bits per heavy atom. The van der Waals surface area contributed by atoms with Gasteiger partial charge >= 0.3 is 5.97 Å². The number of carbonyl (C=O) groups is 1. The molecule has 1 saturated carbocycles. The molecule has 1 fully saturated rings. The molecule has 2 aromatic rings. The first kappa shape index (κ1) is 21.8. The Kier molecular flexibility index (Phi) is 7.84. The number of aryl methyl sites for hydroxylation is 1. The third kappa shape index (κ3) is 6.06. The maximum atomic E-state index is 11.6. The van der Waals surface area contributed by atoms with E-state index in [2.05, 4.69) is 58.4 Å². The highest BCUT2D eigenvalue weighted by molar-refractivity contribution is 5.74. The molecule has 1 heterocycles. The molecule has 1 aromatic carbocycles. The molecule has 0 saturated heterocycles. The Balaban J connectivity index is 1.57. The largest absolute Gasteiger partial charge is 0.480 e. The minimum atomic E-state index is -0.923. The number of hydrogen-bond donors (Lipinski definition) is 2. The number of nitrogens with zero attached hydrogens (tertiary/aromatic N) is 2. The van der Waals surface area contributed by atoms with Gasteiger partial charge in [-0.2, -0.15) is 0 Å². The minimum Gasteiger partial charge on any atom is -0.480 e. The van der Waals surface area contributed by atoms with Crippen LogP contribution in [0.1, 0.15) is 74.4 Å². The van der Waals surface area contributed by atoms with Gasteiger partial charge in [0.05, 0.1) is 0 Å². The molecule has 2 N–H and O–H groups in total. The van der Waals surface area contributed by atoms with Gasteiger partial charge in [0.2, 0.25) is 5.82 Å². The van der Waals surface area contributed by atoms with Gasteiger partial charge in [0.1, 0.15) is 6.04 Å². The lowest BCUT2D eigenvalue weighted by Crippen LogP contribution is -2.35. The fraction of sp³-hybridized carbons (Fsp3) is 0.480. The molecular formula is C25H31N3O2. The van der Waals surface area contributed by atoms with E-state index in [1.807, 2.05) is 6.92 Å². The van der Waals surface area contributed by atoms with E-state index in [1.165, 1.54) is 37.7 Å². The highest BCUT2D eigenvalue weighted by Crippen LogP contribution is 2.36. The molecule has 1 aliphatic carbocycles. The lowest BCUT2D eigenvalue weighted by molar-refractivity contribution is -0.139. The molecule has 30 heavy (non-hydrogen) atoms. The number of aliphatic carboxylic acids is 1. The van der Waals surface area contributed by atoms with Crippen molar-refractivity contribution in [2.75, 3.05) is 0 Å². The predicted molar refractivity (Wildman–Crippen MR) is 118 cm³/mol. The fourth-order valence-corrected chi connectivity index (χ4v) is 4.05. The van der Waals surface area contributed by atoms with Crippen molar-refractivity contribution in [3.8, 4) is 12.0 Å². The molecule has 0 aliphatic heterocycles. The normalized spacial score (nSPS) is 19.4. The molecule has 158 valence electrons. The fourth-order valence-electron chi connectivity index (χ4n) is 4.05. The van der Waals surface area contributed by atoms with Crippen LogP contribution in [0.2, 0.25) is 0 Å². The van der Waals surface area contributed by atoms with Crippen LogP contribution >= 0.6 is 0 Å². The Hall–Kier alpha value is -2.87. The maximum absolute atomic E-state index is 11.6. The van der Waals surface area contributed by atoms with Gasteiger partial charge in [0.25, 0.3) is 0 Å². The molecule has 3 rings (SSSR count). The van der Waals surface area contributed by atoms with Gasteiger partial charge in [0.15, 0.2) is 0 Å². The Morgan fingerprint density at radius 1 is 1.10 bits per heavy atom. The van der Waals surface area contributed by atoms with E-state index >= 15 is 0 Å². The van der Waals surface area contributed by atoms with Gasteiger partial charge in [-0.05, 0) is 66.6 Å². The second-order valence-electron chi connectivity index (χ2n) is 8.13. The second kappa shape index (κ2) is 10.8. The predicted octanol–water partition coefficient (Wildman–Crippen LogP) is 4.32. The van der Waals surface area contributed by atoms with Crippen LogP contribution in [0.15, 0.2) is 36.7 Å². The summed E-state index contributed by atoms with van der Waals surface area (Å²) in [6, 6.07) is 10.4. The van der Waals surface area contributed by atoms with Crippen LogP contribution in [-0.4, -0.2) is 27.1 Å². The van der Waals surface area contributed by atoms with E-state index in [0.717, 1.165) is 23.5 Å². The molecule has 1 atom stereocenters. The van der Waals surface area contributed by atoms with Gasteiger partial charge in [-0.1, -0.05) is 44.5 Å². The molecule has 0 amide bonds. The second-order valence-corrected chi connectivity index (χ2v) is 8.13. The van der Waals surface area contributed by atoms with Crippen LogP contribution < -0.4 is 5.32 Å². The summed E-state index contributed by atoms with van der Waals surface area (Å²) in [5, 5.41) is 12.3. The minimum absolute atomic E-state index is 0.377. The van der Waals surface area contributed by atoms with Gasteiger partial charge < -0.3 is 10.4 Å². The summed E-state index contributed by atoms with van der Waals surface area (Å²) in [4.78, 5) is 20.0. The van der Waals surface area contributed by atoms with Crippen molar-refractivity contribution in [1.82, 2.24) is 15.3 Å². The van der Waals surface area contributed by atoms with E-state index in [9.17, 15) is 9.90 Å². The first-order chi connectivity index (χ1) is 14.6. The van der Waals surface area contributed by atoms with Crippen molar-refractivity contribution < 1.29 is 9.90 Å². The summed E-state index contributed by atoms with van der Waals surface area (Å²) in [5.74, 6) is 3.77. The van der Waals surface area contributed by atoms with E-state index in [4.69, 9.17) is 0 Å². The molecule has 1 aromatic heterocycles. The van der Waals surface area contributed by atoms with Crippen LogP contribution in [0, 0.1) is 17.9 Å². The first-order valence-electron chi connectivity index (χ1n) is 11.0. The van der Waals surface area contributed by atoms with Crippen LogP contribution in [-0.2, 0) is 17.6 Å². The summed E-state index contributed by atoms with van der Waals surface area (Å²) in [6.45, 7) is 4.32. The van der Waals surface area contributed by atoms with Crippen molar-refractivity contribution in [2.45, 2.75) is 70.8 Å². The highest BCUT2D eigenvalue weighted by Gasteiger charge is 2.21. The lowest BCUT2D eigenvalue weighted by atomic mass is 9.78. The van der Waals surface area contributed by atoms with Gasteiger partial charge in [-0.3, -0.25) is 0 Å². The summed E-state index contributed by atoms with van der Waals surface area (Å²) in [5.41, 5.74) is 3.41. The molecule has 0 bridgehead atoms. The lowest BCUT2D eigenvalue weighted by Gasteiger charge is -2.28. The van der Waals surface area contributed by atoms with Crippen molar-refractivity contribution in [2.24, 2.45) is 5.92 Å². The number of benzene rings is 1. The van der Waals surface area contributed by atoms with Gasteiger partial charge in [-0.25, -0.2) is 14.8 Å². The molecule has 5 heteroatoms.